The van der Waals surface area contributed by atoms with Crippen molar-refractivity contribution in [3.63, 3.8) is 0 Å². The van der Waals surface area contributed by atoms with Crippen LogP contribution in [0, 0.1) is 0 Å². The fourth-order valence-electron chi connectivity index (χ4n) is 4.14. The molecule has 8 nitrogen and oxygen atoms in total. The monoisotopic (exact) mass is 403 g/mol. The lowest BCUT2D eigenvalue weighted by atomic mass is 10.1. The molecule has 8 heteroatoms. The van der Waals surface area contributed by atoms with Gasteiger partial charge >= 0.3 is 0 Å². The molecular formula is C22H21N5O3. The molecule has 1 fully saturated rings. The summed E-state index contributed by atoms with van der Waals surface area (Å²) in [5, 5.41) is 7.84. The van der Waals surface area contributed by atoms with Gasteiger partial charge in [-0.1, -0.05) is 18.2 Å². The Morgan fingerprint density at radius 2 is 1.93 bits per heavy atom. The first-order valence-electron chi connectivity index (χ1n) is 9.98. The number of hydrogen-bond donors (Lipinski definition) is 1. The average molecular weight is 403 g/mol. The van der Waals surface area contributed by atoms with Crippen molar-refractivity contribution < 1.29 is 14.4 Å². The number of carbonyl (C=O) groups is 3. The lowest BCUT2D eigenvalue weighted by molar-refractivity contribution is -0.137. The van der Waals surface area contributed by atoms with Gasteiger partial charge in [0, 0.05) is 49.2 Å². The zero-order valence-corrected chi connectivity index (χ0v) is 16.4. The Labute approximate surface area is 173 Å². The molecule has 0 unspecified atom stereocenters. The molecule has 2 aliphatic heterocycles. The SMILES string of the molecule is O=C(CCN1Cc2ccccc2C1=O)N1CCN(c2ccc3[nH]ncc3c2)C(=O)C1. The van der Waals surface area contributed by atoms with Crippen LogP contribution in [0.2, 0.25) is 0 Å². The van der Waals surface area contributed by atoms with Crippen molar-refractivity contribution in [3.05, 3.63) is 59.8 Å². The zero-order chi connectivity index (χ0) is 20.7. The van der Waals surface area contributed by atoms with Crippen LogP contribution in [-0.2, 0) is 16.1 Å². The maximum Gasteiger partial charge on any atom is 0.254 e. The molecule has 3 aromatic rings. The number of hydrogen-bond acceptors (Lipinski definition) is 4. The van der Waals surface area contributed by atoms with Crippen molar-refractivity contribution in [1.29, 1.82) is 0 Å². The first-order valence-corrected chi connectivity index (χ1v) is 9.98. The number of amides is 3. The van der Waals surface area contributed by atoms with Crippen molar-refractivity contribution in [2.75, 3.05) is 31.1 Å². The summed E-state index contributed by atoms with van der Waals surface area (Å²) in [6.45, 7) is 1.87. The van der Waals surface area contributed by atoms with Gasteiger partial charge in [0.2, 0.25) is 11.8 Å². The molecule has 30 heavy (non-hydrogen) atoms. The zero-order valence-electron chi connectivity index (χ0n) is 16.4. The third-order valence-electron chi connectivity index (χ3n) is 5.80. The summed E-state index contributed by atoms with van der Waals surface area (Å²) in [5.41, 5.74) is 3.43. The molecule has 0 atom stereocenters. The number of carbonyl (C=O) groups excluding carboxylic acids is 3. The molecule has 5 rings (SSSR count). The minimum Gasteiger partial charge on any atom is -0.334 e. The first-order chi connectivity index (χ1) is 14.6. The fourth-order valence-corrected chi connectivity index (χ4v) is 4.14. The summed E-state index contributed by atoms with van der Waals surface area (Å²) < 4.78 is 0. The Morgan fingerprint density at radius 3 is 2.77 bits per heavy atom. The predicted molar refractivity (Wildman–Crippen MR) is 111 cm³/mol. The quantitative estimate of drug-likeness (QED) is 0.719. The summed E-state index contributed by atoms with van der Waals surface area (Å²) in [7, 11) is 0. The van der Waals surface area contributed by atoms with Crippen LogP contribution in [0.3, 0.4) is 0 Å². The molecule has 3 amide bonds. The Morgan fingerprint density at radius 1 is 1.07 bits per heavy atom. The van der Waals surface area contributed by atoms with Gasteiger partial charge in [0.25, 0.3) is 5.91 Å². The lowest BCUT2D eigenvalue weighted by Crippen LogP contribution is -2.52. The van der Waals surface area contributed by atoms with Crippen LogP contribution in [-0.4, -0.2) is 63.9 Å². The lowest BCUT2D eigenvalue weighted by Gasteiger charge is -2.34. The maximum atomic E-state index is 12.7. The molecular weight excluding hydrogens is 382 g/mol. The van der Waals surface area contributed by atoms with Gasteiger partial charge < -0.3 is 14.7 Å². The highest BCUT2D eigenvalue weighted by Crippen LogP contribution is 2.24. The van der Waals surface area contributed by atoms with Gasteiger partial charge in [-0.15, -0.1) is 0 Å². The summed E-state index contributed by atoms with van der Waals surface area (Å²) in [4.78, 5) is 42.8. The summed E-state index contributed by atoms with van der Waals surface area (Å²) >= 11 is 0. The van der Waals surface area contributed by atoms with Gasteiger partial charge in [-0.05, 0) is 29.8 Å². The molecule has 152 valence electrons. The molecule has 1 saturated heterocycles. The normalized spacial score (nSPS) is 16.5. The standard InChI is InChI=1S/C22H21N5O3/c28-20(7-8-26-13-15-3-1-2-4-18(15)22(26)30)25-9-10-27(21(29)14-25)17-5-6-19-16(11-17)12-23-24-19/h1-6,11-12H,7-10,13-14H2,(H,23,24). The van der Waals surface area contributed by atoms with Crippen LogP contribution in [0.25, 0.3) is 10.9 Å². The second kappa shape index (κ2) is 7.29. The van der Waals surface area contributed by atoms with Gasteiger partial charge in [-0.2, -0.15) is 5.10 Å². The smallest absolute Gasteiger partial charge is 0.254 e. The number of benzene rings is 2. The summed E-state index contributed by atoms with van der Waals surface area (Å²) in [5.74, 6) is -0.243. The van der Waals surface area contributed by atoms with Crippen LogP contribution >= 0.6 is 0 Å². The van der Waals surface area contributed by atoms with Crippen molar-refractivity contribution in [2.24, 2.45) is 0 Å². The number of anilines is 1. The van der Waals surface area contributed by atoms with E-state index in [0.717, 1.165) is 22.2 Å². The van der Waals surface area contributed by atoms with E-state index in [0.29, 0.717) is 31.7 Å². The Bertz CT molecular complexity index is 1150. The molecule has 0 bridgehead atoms. The molecule has 1 aromatic heterocycles. The number of nitrogens with zero attached hydrogens (tertiary/aromatic N) is 4. The maximum absolute atomic E-state index is 12.7. The highest BCUT2D eigenvalue weighted by atomic mass is 16.2. The molecule has 0 spiro atoms. The largest absolute Gasteiger partial charge is 0.334 e. The molecule has 2 aliphatic rings. The van der Waals surface area contributed by atoms with E-state index in [-0.39, 0.29) is 30.7 Å². The number of piperazine rings is 1. The van der Waals surface area contributed by atoms with E-state index in [2.05, 4.69) is 10.2 Å². The molecule has 1 N–H and O–H groups in total. The minimum absolute atomic E-state index is 0.0334. The van der Waals surface area contributed by atoms with E-state index in [9.17, 15) is 14.4 Å². The van der Waals surface area contributed by atoms with Crippen molar-refractivity contribution in [3.8, 4) is 0 Å². The molecule has 0 radical (unpaired) electrons. The number of fused-ring (bicyclic) bond motifs is 2. The van der Waals surface area contributed by atoms with E-state index in [1.807, 2.05) is 42.5 Å². The van der Waals surface area contributed by atoms with Crippen LogP contribution in [0.4, 0.5) is 5.69 Å². The second-order valence-electron chi connectivity index (χ2n) is 7.64. The minimum atomic E-state index is -0.109. The van der Waals surface area contributed by atoms with Crippen LogP contribution in [0.5, 0.6) is 0 Å². The molecule has 0 aliphatic carbocycles. The van der Waals surface area contributed by atoms with E-state index >= 15 is 0 Å². The first kappa shape index (κ1) is 18.4. The van der Waals surface area contributed by atoms with Crippen LogP contribution < -0.4 is 4.90 Å². The molecule has 3 heterocycles. The fraction of sp³-hybridized carbons (Fsp3) is 0.273. The Balaban J connectivity index is 1.18. The summed E-state index contributed by atoms with van der Waals surface area (Å²) in [6, 6.07) is 13.2. The van der Waals surface area contributed by atoms with Crippen molar-refractivity contribution in [2.45, 2.75) is 13.0 Å². The topological polar surface area (TPSA) is 89.6 Å². The molecule has 0 saturated carbocycles. The Kier molecular flexibility index (Phi) is 4.46. The van der Waals surface area contributed by atoms with Gasteiger partial charge in [0.15, 0.2) is 0 Å². The van der Waals surface area contributed by atoms with Crippen molar-refractivity contribution in [1.82, 2.24) is 20.0 Å². The number of rotatable bonds is 4. The predicted octanol–water partition coefficient (Wildman–Crippen LogP) is 1.78. The second-order valence-corrected chi connectivity index (χ2v) is 7.64. The van der Waals surface area contributed by atoms with Gasteiger partial charge in [-0.25, -0.2) is 0 Å². The highest BCUT2D eigenvalue weighted by molar-refractivity contribution is 6.00. The van der Waals surface area contributed by atoms with Crippen LogP contribution in [0.15, 0.2) is 48.7 Å². The molecule has 2 aromatic carbocycles. The highest BCUT2D eigenvalue weighted by Gasteiger charge is 2.30. The van der Waals surface area contributed by atoms with E-state index in [1.54, 1.807) is 20.9 Å². The van der Waals surface area contributed by atoms with Gasteiger partial charge in [0.1, 0.15) is 6.54 Å². The van der Waals surface area contributed by atoms with Crippen LogP contribution in [0.1, 0.15) is 22.3 Å². The number of H-pyrrole nitrogens is 1. The van der Waals surface area contributed by atoms with Crippen molar-refractivity contribution >= 4 is 34.3 Å². The van der Waals surface area contributed by atoms with E-state index < -0.39 is 0 Å². The number of aromatic amines is 1. The van der Waals surface area contributed by atoms with Gasteiger partial charge in [-0.3, -0.25) is 19.5 Å². The van der Waals surface area contributed by atoms with E-state index in [1.165, 1.54) is 0 Å². The Hall–Kier alpha value is -3.68. The number of aromatic nitrogens is 2. The third kappa shape index (κ3) is 3.20. The third-order valence-corrected chi connectivity index (χ3v) is 5.80. The number of nitrogens with one attached hydrogen (secondary N) is 1. The summed E-state index contributed by atoms with van der Waals surface area (Å²) in [6.07, 6.45) is 1.94. The average Bonchev–Trinajstić information content (AvgIpc) is 3.36. The van der Waals surface area contributed by atoms with Gasteiger partial charge in [0.05, 0.1) is 11.7 Å². The van der Waals surface area contributed by atoms with E-state index in [4.69, 9.17) is 0 Å².